The number of benzene rings is 2. The fourth-order valence-corrected chi connectivity index (χ4v) is 3.46. The molecule has 132 valence electrons. The molecular formula is C22H20O4. The average molecular weight is 348 g/mol. The molecule has 0 radical (unpaired) electrons. The van der Waals surface area contributed by atoms with Gasteiger partial charge in [0.15, 0.2) is 0 Å². The first-order chi connectivity index (χ1) is 12.6. The van der Waals surface area contributed by atoms with Gasteiger partial charge in [-0.2, -0.15) is 0 Å². The first-order valence-electron chi connectivity index (χ1n) is 8.30. The van der Waals surface area contributed by atoms with E-state index in [0.717, 1.165) is 22.3 Å². The van der Waals surface area contributed by atoms with E-state index >= 15 is 0 Å². The van der Waals surface area contributed by atoms with E-state index in [4.69, 9.17) is 9.47 Å². The molecule has 2 aromatic carbocycles. The molecule has 1 atom stereocenters. The number of methoxy groups -OCH3 is 2. The summed E-state index contributed by atoms with van der Waals surface area (Å²) < 4.78 is 9.91. The maximum atomic E-state index is 12.5. The maximum Gasteiger partial charge on any atom is 0.334 e. The van der Waals surface area contributed by atoms with Gasteiger partial charge in [0, 0.05) is 23.5 Å². The van der Waals surface area contributed by atoms with Gasteiger partial charge in [-0.25, -0.2) is 9.59 Å². The Morgan fingerprint density at radius 1 is 0.962 bits per heavy atom. The Labute approximate surface area is 152 Å². The summed E-state index contributed by atoms with van der Waals surface area (Å²) in [6, 6.07) is 17.3. The molecule has 1 aliphatic rings. The van der Waals surface area contributed by atoms with Crippen molar-refractivity contribution in [1.29, 1.82) is 0 Å². The highest BCUT2D eigenvalue weighted by Crippen LogP contribution is 2.45. The topological polar surface area (TPSA) is 52.6 Å². The summed E-state index contributed by atoms with van der Waals surface area (Å²) >= 11 is 0. The number of carbonyl (C=O) groups excluding carboxylic acids is 2. The van der Waals surface area contributed by atoms with Gasteiger partial charge in [0.05, 0.1) is 14.2 Å². The van der Waals surface area contributed by atoms with Crippen molar-refractivity contribution < 1.29 is 19.1 Å². The summed E-state index contributed by atoms with van der Waals surface area (Å²) in [5.74, 6) is -1.38. The van der Waals surface area contributed by atoms with Crippen molar-refractivity contribution in [2.45, 2.75) is 12.3 Å². The van der Waals surface area contributed by atoms with Crippen LogP contribution in [0.4, 0.5) is 0 Å². The van der Waals surface area contributed by atoms with E-state index in [1.165, 1.54) is 14.2 Å². The first kappa shape index (κ1) is 17.7. The number of allylic oxidation sites excluding steroid dienone is 1. The highest BCUT2D eigenvalue weighted by atomic mass is 16.5. The SMILES string of the molecule is C=C(C(=O)OC)[C@H](C1=C(C(=O)OC)Cc2ccccc21)c1ccccc1. The monoisotopic (exact) mass is 348 g/mol. The zero-order valence-electron chi connectivity index (χ0n) is 14.8. The number of ether oxygens (including phenoxy) is 2. The van der Waals surface area contributed by atoms with Crippen molar-refractivity contribution in [3.05, 3.63) is 89.0 Å². The molecule has 0 unspecified atom stereocenters. The van der Waals surface area contributed by atoms with Crippen LogP contribution < -0.4 is 0 Å². The molecule has 1 aliphatic carbocycles. The minimum absolute atomic E-state index is 0.284. The Kier molecular flexibility index (Phi) is 5.03. The Bertz CT molecular complexity index is 893. The van der Waals surface area contributed by atoms with Gasteiger partial charge >= 0.3 is 11.9 Å². The summed E-state index contributed by atoms with van der Waals surface area (Å²) in [5, 5.41) is 0. The lowest BCUT2D eigenvalue weighted by Gasteiger charge is -2.22. The Morgan fingerprint density at radius 3 is 2.27 bits per heavy atom. The van der Waals surface area contributed by atoms with Gasteiger partial charge in [0.25, 0.3) is 0 Å². The van der Waals surface area contributed by atoms with Crippen molar-refractivity contribution in [2.75, 3.05) is 14.2 Å². The standard InChI is InChI=1S/C22H20O4/c1-14(21(23)25-2)19(15-9-5-4-6-10-15)20-17-12-8-7-11-16(17)13-18(20)22(24)26-3/h4-12,19H,1,13H2,2-3H3/t19-/m0/s1. The van der Waals surface area contributed by atoms with Crippen LogP contribution >= 0.6 is 0 Å². The van der Waals surface area contributed by atoms with Crippen LogP contribution in [0.25, 0.3) is 5.57 Å². The van der Waals surface area contributed by atoms with Gasteiger partial charge in [-0.1, -0.05) is 61.2 Å². The smallest absolute Gasteiger partial charge is 0.334 e. The van der Waals surface area contributed by atoms with Crippen LogP contribution in [0.1, 0.15) is 22.6 Å². The summed E-state index contributed by atoms with van der Waals surface area (Å²) in [5.41, 5.74) is 4.43. The van der Waals surface area contributed by atoms with E-state index in [1.807, 2.05) is 54.6 Å². The number of hydrogen-bond acceptors (Lipinski definition) is 4. The fraction of sp³-hybridized carbons (Fsp3) is 0.182. The van der Waals surface area contributed by atoms with Crippen molar-refractivity contribution in [3.8, 4) is 0 Å². The van der Waals surface area contributed by atoms with Crippen LogP contribution in [-0.4, -0.2) is 26.2 Å². The number of carbonyl (C=O) groups is 2. The summed E-state index contributed by atoms with van der Waals surface area (Å²) in [7, 11) is 2.69. The molecule has 0 N–H and O–H groups in total. The third-order valence-corrected chi connectivity index (χ3v) is 4.65. The van der Waals surface area contributed by atoms with Crippen LogP contribution in [0, 0.1) is 0 Å². The molecule has 0 aliphatic heterocycles. The molecular weight excluding hydrogens is 328 g/mol. The quantitative estimate of drug-likeness (QED) is 0.611. The van der Waals surface area contributed by atoms with Gasteiger partial charge in [-0.3, -0.25) is 0 Å². The Morgan fingerprint density at radius 2 is 1.62 bits per heavy atom. The van der Waals surface area contributed by atoms with Gasteiger partial charge in [-0.15, -0.1) is 0 Å². The summed E-state index contributed by atoms with van der Waals surface area (Å²) in [6.45, 7) is 3.98. The molecule has 4 nitrogen and oxygen atoms in total. The zero-order chi connectivity index (χ0) is 18.7. The lowest BCUT2D eigenvalue weighted by Crippen LogP contribution is -2.16. The number of fused-ring (bicyclic) bond motifs is 1. The van der Waals surface area contributed by atoms with Gasteiger partial charge < -0.3 is 9.47 Å². The van der Waals surface area contributed by atoms with E-state index in [1.54, 1.807) is 0 Å². The number of rotatable bonds is 5. The van der Waals surface area contributed by atoms with E-state index < -0.39 is 17.9 Å². The minimum atomic E-state index is -0.500. The molecule has 0 fully saturated rings. The van der Waals surface area contributed by atoms with Crippen LogP contribution in [0.5, 0.6) is 0 Å². The Balaban J connectivity index is 2.24. The molecule has 0 heterocycles. The van der Waals surface area contributed by atoms with Crippen molar-refractivity contribution in [2.24, 2.45) is 0 Å². The van der Waals surface area contributed by atoms with E-state index in [2.05, 4.69) is 6.58 Å². The Hall–Kier alpha value is -3.14. The minimum Gasteiger partial charge on any atom is -0.466 e. The average Bonchev–Trinajstić information content (AvgIpc) is 3.07. The summed E-state index contributed by atoms with van der Waals surface area (Å²) in [6.07, 6.45) is 0.468. The molecule has 4 heteroatoms. The largest absolute Gasteiger partial charge is 0.466 e. The normalized spacial score (nSPS) is 13.8. The molecule has 0 aromatic heterocycles. The first-order valence-corrected chi connectivity index (χ1v) is 8.30. The molecule has 0 bridgehead atoms. The van der Waals surface area contributed by atoms with E-state index in [0.29, 0.717) is 12.0 Å². The maximum absolute atomic E-state index is 12.5. The molecule has 26 heavy (non-hydrogen) atoms. The third kappa shape index (κ3) is 3.06. The van der Waals surface area contributed by atoms with Crippen LogP contribution in [0.15, 0.2) is 72.3 Å². The van der Waals surface area contributed by atoms with Crippen LogP contribution in [-0.2, 0) is 25.5 Å². The lowest BCUT2D eigenvalue weighted by atomic mass is 9.81. The molecule has 0 amide bonds. The number of hydrogen-bond donors (Lipinski definition) is 0. The molecule has 0 saturated carbocycles. The van der Waals surface area contributed by atoms with Gasteiger partial charge in [-0.05, 0) is 22.3 Å². The van der Waals surface area contributed by atoms with Gasteiger partial charge in [0.1, 0.15) is 0 Å². The fourth-order valence-electron chi connectivity index (χ4n) is 3.46. The van der Waals surface area contributed by atoms with E-state index in [-0.39, 0.29) is 5.57 Å². The second-order valence-corrected chi connectivity index (χ2v) is 6.08. The molecule has 0 saturated heterocycles. The predicted octanol–water partition coefficient (Wildman–Crippen LogP) is 3.68. The highest BCUT2D eigenvalue weighted by Gasteiger charge is 2.35. The van der Waals surface area contributed by atoms with Crippen molar-refractivity contribution in [1.82, 2.24) is 0 Å². The van der Waals surface area contributed by atoms with E-state index in [9.17, 15) is 9.59 Å². The highest BCUT2D eigenvalue weighted by molar-refractivity contribution is 6.05. The molecule has 3 rings (SSSR count). The zero-order valence-corrected chi connectivity index (χ0v) is 14.8. The molecule has 0 spiro atoms. The van der Waals surface area contributed by atoms with Gasteiger partial charge in [0.2, 0.25) is 0 Å². The van der Waals surface area contributed by atoms with Crippen molar-refractivity contribution >= 4 is 17.5 Å². The van der Waals surface area contributed by atoms with Crippen molar-refractivity contribution in [3.63, 3.8) is 0 Å². The van der Waals surface area contributed by atoms with Crippen LogP contribution in [0.2, 0.25) is 0 Å². The second kappa shape index (κ2) is 7.40. The van der Waals surface area contributed by atoms with Crippen LogP contribution in [0.3, 0.4) is 0 Å². The lowest BCUT2D eigenvalue weighted by molar-refractivity contribution is -0.137. The molecule has 2 aromatic rings. The summed E-state index contributed by atoms with van der Waals surface area (Å²) in [4.78, 5) is 24.7. The third-order valence-electron chi connectivity index (χ3n) is 4.65. The number of esters is 2. The predicted molar refractivity (Wildman–Crippen MR) is 99.4 cm³/mol. The second-order valence-electron chi connectivity index (χ2n) is 6.08.